The third-order valence-corrected chi connectivity index (χ3v) is 5.82. The Morgan fingerprint density at radius 1 is 1.25 bits per heavy atom. The van der Waals surface area contributed by atoms with Gasteiger partial charge in [0.15, 0.2) is 11.3 Å². The van der Waals surface area contributed by atoms with Gasteiger partial charge in [-0.25, -0.2) is 14.6 Å². The van der Waals surface area contributed by atoms with Gasteiger partial charge in [-0.1, -0.05) is 12.1 Å². The van der Waals surface area contributed by atoms with Crippen molar-refractivity contribution in [3.05, 3.63) is 48.0 Å². The van der Waals surface area contributed by atoms with Crippen LogP contribution in [-0.4, -0.2) is 38.0 Å². The molecule has 8 heteroatoms. The maximum absolute atomic E-state index is 12.9. The monoisotopic (exact) mass is 396 g/mol. The van der Waals surface area contributed by atoms with Gasteiger partial charge in [0, 0.05) is 23.7 Å². The van der Waals surface area contributed by atoms with E-state index in [0.29, 0.717) is 16.7 Å². The summed E-state index contributed by atoms with van der Waals surface area (Å²) in [4.78, 5) is 21.4. The quantitative estimate of drug-likeness (QED) is 0.686. The molecule has 28 heavy (non-hydrogen) atoms. The van der Waals surface area contributed by atoms with Crippen LogP contribution in [0.15, 0.2) is 36.8 Å². The molecule has 146 valence electrons. The zero-order valence-corrected chi connectivity index (χ0v) is 16.7. The normalized spacial score (nSPS) is 19.6. The molecule has 0 aliphatic heterocycles. The lowest BCUT2D eigenvalue weighted by atomic mass is 9.92. The Kier molecular flexibility index (Phi) is 5.59. The second-order valence-corrected chi connectivity index (χ2v) is 8.07. The average Bonchev–Trinajstić information content (AvgIpc) is 3.10. The van der Waals surface area contributed by atoms with Crippen molar-refractivity contribution in [1.82, 2.24) is 19.7 Å². The van der Waals surface area contributed by atoms with Crippen molar-refractivity contribution in [2.75, 3.05) is 11.6 Å². The van der Waals surface area contributed by atoms with Crippen LogP contribution in [0.25, 0.3) is 11.0 Å². The first-order valence-electron chi connectivity index (χ1n) is 9.48. The van der Waals surface area contributed by atoms with Crippen LogP contribution in [0, 0.1) is 0 Å². The number of hydrogen-bond acceptors (Lipinski definition) is 6. The Morgan fingerprint density at radius 3 is 2.71 bits per heavy atom. The van der Waals surface area contributed by atoms with Crippen LogP contribution in [0.2, 0.25) is 0 Å². The fraction of sp³-hybridized carbons (Fsp3) is 0.400. The molecule has 1 fully saturated rings. The topological polar surface area (TPSA) is 98.7 Å². The van der Waals surface area contributed by atoms with E-state index in [1.54, 1.807) is 18.0 Å². The fourth-order valence-electron chi connectivity index (χ4n) is 3.69. The third kappa shape index (κ3) is 3.88. The SMILES string of the molecule is CSCc1ccc(NC(=O)c2nn(C3CCC(N)CC3)c3ncncc23)cc1. The van der Waals surface area contributed by atoms with Gasteiger partial charge in [0.2, 0.25) is 0 Å². The smallest absolute Gasteiger partial charge is 0.276 e. The minimum Gasteiger partial charge on any atom is -0.328 e. The molecule has 0 radical (unpaired) electrons. The summed E-state index contributed by atoms with van der Waals surface area (Å²) >= 11 is 1.77. The lowest BCUT2D eigenvalue weighted by Gasteiger charge is -2.26. The van der Waals surface area contributed by atoms with Gasteiger partial charge in [0.25, 0.3) is 5.91 Å². The molecule has 0 saturated heterocycles. The first-order valence-corrected chi connectivity index (χ1v) is 10.9. The number of carbonyl (C=O) groups excluding carboxylic acids is 1. The predicted molar refractivity (Wildman–Crippen MR) is 112 cm³/mol. The standard InChI is InChI=1S/C20H24N6OS/c1-28-11-13-2-6-15(7-3-13)24-20(27)18-17-10-22-12-23-19(17)26(25-18)16-8-4-14(21)5-9-16/h2-3,6-7,10,12,14,16H,4-5,8-9,11,21H2,1H3,(H,24,27). The summed E-state index contributed by atoms with van der Waals surface area (Å²) in [6.45, 7) is 0. The molecule has 1 aliphatic carbocycles. The predicted octanol–water partition coefficient (Wildman–Crippen LogP) is 3.38. The first kappa shape index (κ1) is 18.9. The second-order valence-electron chi connectivity index (χ2n) is 7.21. The van der Waals surface area contributed by atoms with Gasteiger partial charge < -0.3 is 11.1 Å². The zero-order valence-electron chi connectivity index (χ0n) is 15.8. The highest BCUT2D eigenvalue weighted by Gasteiger charge is 2.26. The van der Waals surface area contributed by atoms with E-state index < -0.39 is 0 Å². The zero-order chi connectivity index (χ0) is 19.5. The minimum absolute atomic E-state index is 0.213. The summed E-state index contributed by atoms with van der Waals surface area (Å²) in [6, 6.07) is 8.35. The van der Waals surface area contributed by atoms with Crippen molar-refractivity contribution in [2.45, 2.75) is 43.5 Å². The molecule has 1 aliphatic rings. The van der Waals surface area contributed by atoms with Crippen molar-refractivity contribution in [3.8, 4) is 0 Å². The van der Waals surface area contributed by atoms with Gasteiger partial charge in [-0.05, 0) is 49.6 Å². The van der Waals surface area contributed by atoms with Crippen LogP contribution in [0.1, 0.15) is 47.8 Å². The number of rotatable bonds is 5. The molecule has 0 atom stereocenters. The number of anilines is 1. The van der Waals surface area contributed by atoms with E-state index in [1.165, 1.54) is 11.9 Å². The van der Waals surface area contributed by atoms with Gasteiger partial charge in [0.05, 0.1) is 11.4 Å². The van der Waals surface area contributed by atoms with Crippen LogP contribution in [0.4, 0.5) is 5.69 Å². The Morgan fingerprint density at radius 2 is 2.00 bits per heavy atom. The Bertz CT molecular complexity index is 962. The van der Waals surface area contributed by atoms with E-state index in [-0.39, 0.29) is 18.0 Å². The Hall–Kier alpha value is -2.45. The van der Waals surface area contributed by atoms with Crippen molar-refractivity contribution < 1.29 is 4.79 Å². The van der Waals surface area contributed by atoms with E-state index >= 15 is 0 Å². The molecule has 4 rings (SSSR count). The van der Waals surface area contributed by atoms with Crippen LogP contribution in [0.3, 0.4) is 0 Å². The average molecular weight is 397 g/mol. The largest absolute Gasteiger partial charge is 0.328 e. The van der Waals surface area contributed by atoms with Crippen LogP contribution < -0.4 is 11.1 Å². The summed E-state index contributed by atoms with van der Waals surface area (Å²) in [5, 5.41) is 8.26. The second kappa shape index (κ2) is 8.28. The van der Waals surface area contributed by atoms with Crippen LogP contribution >= 0.6 is 11.8 Å². The number of thioether (sulfide) groups is 1. The van der Waals surface area contributed by atoms with Crippen molar-refractivity contribution in [3.63, 3.8) is 0 Å². The summed E-state index contributed by atoms with van der Waals surface area (Å²) in [5.41, 5.74) is 9.07. The highest BCUT2D eigenvalue weighted by atomic mass is 32.2. The molecule has 7 nitrogen and oxygen atoms in total. The lowest BCUT2D eigenvalue weighted by Crippen LogP contribution is -2.28. The molecule has 0 bridgehead atoms. The van der Waals surface area contributed by atoms with E-state index in [2.05, 4.69) is 26.6 Å². The Labute approximate surface area is 168 Å². The van der Waals surface area contributed by atoms with Crippen molar-refractivity contribution in [2.24, 2.45) is 5.73 Å². The maximum atomic E-state index is 12.9. The minimum atomic E-state index is -0.247. The molecule has 3 N–H and O–H groups in total. The number of hydrogen-bond donors (Lipinski definition) is 2. The summed E-state index contributed by atoms with van der Waals surface area (Å²) < 4.78 is 1.89. The van der Waals surface area contributed by atoms with Gasteiger partial charge >= 0.3 is 0 Å². The molecule has 1 aromatic carbocycles. The third-order valence-electron chi connectivity index (χ3n) is 5.20. The lowest BCUT2D eigenvalue weighted by molar-refractivity contribution is 0.102. The molecule has 2 heterocycles. The number of nitrogens with zero attached hydrogens (tertiary/aromatic N) is 4. The molecule has 1 saturated carbocycles. The number of nitrogens with two attached hydrogens (primary N) is 1. The highest BCUT2D eigenvalue weighted by Crippen LogP contribution is 2.30. The van der Waals surface area contributed by atoms with Crippen molar-refractivity contribution >= 4 is 34.4 Å². The van der Waals surface area contributed by atoms with E-state index in [0.717, 1.165) is 37.1 Å². The number of aromatic nitrogens is 4. The number of fused-ring (bicyclic) bond motifs is 1. The summed E-state index contributed by atoms with van der Waals surface area (Å²) in [6.07, 6.45) is 9.04. The van der Waals surface area contributed by atoms with E-state index in [9.17, 15) is 4.79 Å². The van der Waals surface area contributed by atoms with Gasteiger partial charge in [-0.15, -0.1) is 0 Å². The maximum Gasteiger partial charge on any atom is 0.276 e. The molecule has 0 spiro atoms. The van der Waals surface area contributed by atoms with Gasteiger partial charge in [-0.2, -0.15) is 16.9 Å². The number of carbonyl (C=O) groups is 1. The van der Waals surface area contributed by atoms with Gasteiger partial charge in [0.1, 0.15) is 6.33 Å². The number of nitrogens with one attached hydrogen (secondary N) is 1. The Balaban J connectivity index is 1.60. The van der Waals surface area contributed by atoms with E-state index in [1.807, 2.05) is 28.9 Å². The molecule has 3 aromatic rings. The fourth-order valence-corrected chi connectivity index (χ4v) is 4.22. The molecule has 1 amide bonds. The molecular weight excluding hydrogens is 372 g/mol. The van der Waals surface area contributed by atoms with Crippen LogP contribution in [0.5, 0.6) is 0 Å². The number of amides is 1. The van der Waals surface area contributed by atoms with E-state index in [4.69, 9.17) is 5.73 Å². The highest BCUT2D eigenvalue weighted by molar-refractivity contribution is 7.97. The van der Waals surface area contributed by atoms with Gasteiger partial charge in [-0.3, -0.25) is 4.79 Å². The summed E-state index contributed by atoms with van der Waals surface area (Å²) in [5.74, 6) is 0.703. The van der Waals surface area contributed by atoms with Crippen molar-refractivity contribution in [1.29, 1.82) is 0 Å². The molecule has 0 unspecified atom stereocenters. The van der Waals surface area contributed by atoms with Crippen LogP contribution in [-0.2, 0) is 5.75 Å². The molecular formula is C20H24N6OS. The first-order chi connectivity index (χ1) is 13.7. The number of benzene rings is 1. The molecule has 2 aromatic heterocycles. The summed E-state index contributed by atoms with van der Waals surface area (Å²) in [7, 11) is 0.